The standard InChI is InChI=1S/C18H21ClN4O/c19-16-3-1-15(2-4-16)17(18(20)24)23-11-9-22(10-12-23)13-14-5-7-21-8-6-14/h1-8,17H,9-13H2,(H2,20,24). The quantitative estimate of drug-likeness (QED) is 0.902. The molecule has 0 radical (unpaired) electrons. The summed E-state index contributed by atoms with van der Waals surface area (Å²) < 4.78 is 0. The molecule has 0 spiro atoms. The van der Waals surface area contributed by atoms with Crippen molar-refractivity contribution in [1.29, 1.82) is 0 Å². The lowest BCUT2D eigenvalue weighted by Gasteiger charge is -2.38. The third kappa shape index (κ3) is 4.12. The molecule has 2 aromatic rings. The van der Waals surface area contributed by atoms with Gasteiger partial charge in [-0.1, -0.05) is 23.7 Å². The molecular weight excluding hydrogens is 324 g/mol. The third-order valence-electron chi connectivity index (χ3n) is 4.38. The Hall–Kier alpha value is -1.95. The number of rotatable bonds is 5. The van der Waals surface area contributed by atoms with E-state index in [-0.39, 0.29) is 5.91 Å². The maximum atomic E-state index is 12.0. The summed E-state index contributed by atoms with van der Waals surface area (Å²) in [5.41, 5.74) is 7.81. The van der Waals surface area contributed by atoms with Gasteiger partial charge in [0.1, 0.15) is 6.04 Å². The molecule has 1 aromatic carbocycles. The van der Waals surface area contributed by atoms with Gasteiger partial charge in [-0.3, -0.25) is 19.6 Å². The summed E-state index contributed by atoms with van der Waals surface area (Å²) in [6.45, 7) is 4.32. The van der Waals surface area contributed by atoms with Crippen molar-refractivity contribution in [2.75, 3.05) is 26.2 Å². The first-order valence-electron chi connectivity index (χ1n) is 8.03. The van der Waals surface area contributed by atoms with Crippen LogP contribution in [-0.4, -0.2) is 46.9 Å². The molecule has 1 aliphatic heterocycles. The van der Waals surface area contributed by atoms with Crippen LogP contribution in [0.1, 0.15) is 17.2 Å². The molecule has 0 saturated carbocycles. The maximum Gasteiger partial charge on any atom is 0.239 e. The normalized spacial score (nSPS) is 17.5. The minimum Gasteiger partial charge on any atom is -0.368 e. The van der Waals surface area contributed by atoms with Gasteiger partial charge in [-0.05, 0) is 35.4 Å². The van der Waals surface area contributed by atoms with Crippen LogP contribution in [0.4, 0.5) is 0 Å². The number of carbonyl (C=O) groups excluding carboxylic acids is 1. The Kier molecular flexibility index (Phi) is 5.45. The van der Waals surface area contributed by atoms with Gasteiger partial charge >= 0.3 is 0 Å². The molecule has 126 valence electrons. The van der Waals surface area contributed by atoms with E-state index in [0.717, 1.165) is 38.3 Å². The SMILES string of the molecule is NC(=O)C(c1ccc(Cl)cc1)N1CCN(Cc2ccncc2)CC1. The minimum atomic E-state index is -0.398. The Morgan fingerprint density at radius 1 is 1.08 bits per heavy atom. The van der Waals surface area contributed by atoms with E-state index < -0.39 is 6.04 Å². The van der Waals surface area contributed by atoms with E-state index in [9.17, 15) is 4.79 Å². The Morgan fingerprint density at radius 3 is 2.29 bits per heavy atom. The Labute approximate surface area is 147 Å². The fraction of sp³-hybridized carbons (Fsp3) is 0.333. The molecule has 1 aliphatic rings. The molecule has 1 atom stereocenters. The van der Waals surface area contributed by atoms with Gasteiger partial charge in [0.05, 0.1) is 0 Å². The predicted molar refractivity (Wildman–Crippen MR) is 94.5 cm³/mol. The van der Waals surface area contributed by atoms with Crippen LogP contribution >= 0.6 is 11.6 Å². The van der Waals surface area contributed by atoms with E-state index in [4.69, 9.17) is 17.3 Å². The van der Waals surface area contributed by atoms with Gasteiger partial charge in [0.2, 0.25) is 5.91 Å². The summed E-state index contributed by atoms with van der Waals surface area (Å²) >= 11 is 5.94. The second kappa shape index (κ2) is 7.75. The van der Waals surface area contributed by atoms with Gasteiger partial charge in [0.15, 0.2) is 0 Å². The Balaban J connectivity index is 1.63. The van der Waals surface area contributed by atoms with Gasteiger partial charge in [0.25, 0.3) is 0 Å². The van der Waals surface area contributed by atoms with Crippen LogP contribution < -0.4 is 5.73 Å². The topological polar surface area (TPSA) is 62.5 Å². The summed E-state index contributed by atoms with van der Waals surface area (Å²) in [7, 11) is 0. The predicted octanol–water partition coefficient (Wildman–Crippen LogP) is 2.08. The highest BCUT2D eigenvalue weighted by Crippen LogP contribution is 2.24. The molecule has 2 heterocycles. The maximum absolute atomic E-state index is 12.0. The van der Waals surface area contributed by atoms with Crippen molar-refractivity contribution >= 4 is 17.5 Å². The van der Waals surface area contributed by atoms with Crippen molar-refractivity contribution in [1.82, 2.24) is 14.8 Å². The molecule has 1 amide bonds. The van der Waals surface area contributed by atoms with Gasteiger partial charge in [-0.2, -0.15) is 0 Å². The number of aromatic nitrogens is 1. The molecule has 1 unspecified atom stereocenters. The molecule has 3 rings (SSSR count). The van der Waals surface area contributed by atoms with Crippen molar-refractivity contribution in [2.45, 2.75) is 12.6 Å². The Morgan fingerprint density at radius 2 is 1.71 bits per heavy atom. The number of nitrogens with zero attached hydrogens (tertiary/aromatic N) is 3. The number of hydrogen-bond acceptors (Lipinski definition) is 4. The molecule has 1 fully saturated rings. The lowest BCUT2D eigenvalue weighted by Crippen LogP contribution is -2.49. The fourth-order valence-electron chi connectivity index (χ4n) is 3.13. The lowest BCUT2D eigenvalue weighted by molar-refractivity contribution is -0.124. The third-order valence-corrected chi connectivity index (χ3v) is 4.63. The van der Waals surface area contributed by atoms with E-state index in [1.54, 1.807) is 12.1 Å². The highest BCUT2D eigenvalue weighted by molar-refractivity contribution is 6.30. The van der Waals surface area contributed by atoms with Crippen LogP contribution in [0.25, 0.3) is 0 Å². The number of primary amides is 1. The second-order valence-corrected chi connectivity index (χ2v) is 6.46. The highest BCUT2D eigenvalue weighted by Gasteiger charge is 2.28. The summed E-state index contributed by atoms with van der Waals surface area (Å²) in [4.78, 5) is 20.6. The number of halogens is 1. The van der Waals surface area contributed by atoms with Gasteiger partial charge in [0, 0.05) is 50.1 Å². The monoisotopic (exact) mass is 344 g/mol. The van der Waals surface area contributed by atoms with Crippen molar-refractivity contribution in [3.8, 4) is 0 Å². The molecule has 1 saturated heterocycles. The largest absolute Gasteiger partial charge is 0.368 e. The molecule has 0 bridgehead atoms. The number of carbonyl (C=O) groups is 1. The number of hydrogen-bond donors (Lipinski definition) is 1. The van der Waals surface area contributed by atoms with Crippen LogP contribution in [0.15, 0.2) is 48.8 Å². The van der Waals surface area contributed by atoms with E-state index >= 15 is 0 Å². The number of amides is 1. The van der Waals surface area contributed by atoms with Gasteiger partial charge in [-0.15, -0.1) is 0 Å². The fourth-order valence-corrected chi connectivity index (χ4v) is 3.25. The van der Waals surface area contributed by atoms with Crippen molar-refractivity contribution in [3.05, 3.63) is 64.9 Å². The number of piperazine rings is 1. The molecule has 5 nitrogen and oxygen atoms in total. The zero-order valence-electron chi connectivity index (χ0n) is 13.4. The van der Waals surface area contributed by atoms with E-state index in [1.165, 1.54) is 5.56 Å². The zero-order valence-corrected chi connectivity index (χ0v) is 14.2. The average Bonchev–Trinajstić information content (AvgIpc) is 2.59. The average molecular weight is 345 g/mol. The van der Waals surface area contributed by atoms with Crippen LogP contribution in [-0.2, 0) is 11.3 Å². The molecule has 24 heavy (non-hydrogen) atoms. The first-order chi connectivity index (χ1) is 11.6. The summed E-state index contributed by atoms with van der Waals surface area (Å²) in [5, 5.41) is 0.657. The molecule has 6 heteroatoms. The number of pyridine rings is 1. The van der Waals surface area contributed by atoms with Crippen molar-refractivity contribution in [2.24, 2.45) is 5.73 Å². The van der Waals surface area contributed by atoms with Crippen molar-refractivity contribution < 1.29 is 4.79 Å². The van der Waals surface area contributed by atoms with E-state index in [2.05, 4.69) is 14.8 Å². The zero-order chi connectivity index (χ0) is 16.9. The first-order valence-corrected chi connectivity index (χ1v) is 8.41. The van der Waals surface area contributed by atoms with E-state index in [0.29, 0.717) is 5.02 Å². The van der Waals surface area contributed by atoms with Crippen LogP contribution in [0.2, 0.25) is 5.02 Å². The first kappa shape index (κ1) is 16.9. The van der Waals surface area contributed by atoms with Crippen LogP contribution in [0, 0.1) is 0 Å². The molecule has 2 N–H and O–H groups in total. The summed E-state index contributed by atoms with van der Waals surface area (Å²) in [6, 6.07) is 11.0. The summed E-state index contributed by atoms with van der Waals surface area (Å²) in [6.07, 6.45) is 3.63. The smallest absolute Gasteiger partial charge is 0.239 e. The van der Waals surface area contributed by atoms with Gasteiger partial charge < -0.3 is 5.73 Å². The minimum absolute atomic E-state index is 0.320. The molecule has 1 aromatic heterocycles. The van der Waals surface area contributed by atoms with Gasteiger partial charge in [-0.25, -0.2) is 0 Å². The number of benzene rings is 1. The second-order valence-electron chi connectivity index (χ2n) is 6.02. The highest BCUT2D eigenvalue weighted by atomic mass is 35.5. The molecular formula is C18H21ClN4O. The van der Waals surface area contributed by atoms with E-state index in [1.807, 2.05) is 36.7 Å². The van der Waals surface area contributed by atoms with Crippen LogP contribution in [0.5, 0.6) is 0 Å². The van der Waals surface area contributed by atoms with Crippen molar-refractivity contribution in [3.63, 3.8) is 0 Å². The number of nitrogens with two attached hydrogens (primary N) is 1. The lowest BCUT2D eigenvalue weighted by atomic mass is 10.0. The summed E-state index contributed by atoms with van der Waals surface area (Å²) in [5.74, 6) is -0.320. The Bertz CT molecular complexity index is 669. The van der Waals surface area contributed by atoms with Crippen LogP contribution in [0.3, 0.4) is 0 Å². The molecule has 0 aliphatic carbocycles.